The Bertz CT molecular complexity index is 1020. The molecule has 2 amide bonds. The summed E-state index contributed by atoms with van der Waals surface area (Å²) in [5, 5.41) is 5.72. The minimum absolute atomic E-state index is 0.0906. The SMILES string of the molecule is COc1ccc([C@@H](CC(=O)Nc2cccc(-c3nc(C)c(C)o3)c2)NC(C)=O)cc1. The standard InChI is InChI=1S/C23H25N3O4/c1-14-15(2)30-23(24-14)18-6-5-7-19(12-18)26-22(28)13-21(25-16(3)27)17-8-10-20(29-4)11-9-17/h5-12,21H,13H2,1-4H3,(H,25,27)(H,26,28)/t21-/m1/s1. The van der Waals surface area contributed by atoms with E-state index in [2.05, 4.69) is 15.6 Å². The van der Waals surface area contributed by atoms with Crippen molar-refractivity contribution < 1.29 is 18.7 Å². The summed E-state index contributed by atoms with van der Waals surface area (Å²) in [6.45, 7) is 5.17. The fourth-order valence-electron chi connectivity index (χ4n) is 3.06. The maximum absolute atomic E-state index is 12.7. The second-order valence-corrected chi connectivity index (χ2v) is 7.02. The molecular weight excluding hydrogens is 382 g/mol. The summed E-state index contributed by atoms with van der Waals surface area (Å²) in [5.74, 6) is 1.55. The van der Waals surface area contributed by atoms with Gasteiger partial charge in [0.05, 0.1) is 25.3 Å². The van der Waals surface area contributed by atoms with Gasteiger partial charge in [0.2, 0.25) is 17.7 Å². The van der Waals surface area contributed by atoms with Crippen LogP contribution in [0.5, 0.6) is 5.75 Å². The maximum Gasteiger partial charge on any atom is 0.226 e. The van der Waals surface area contributed by atoms with Gasteiger partial charge in [0.1, 0.15) is 11.5 Å². The Hall–Kier alpha value is -3.61. The predicted molar refractivity (Wildman–Crippen MR) is 114 cm³/mol. The molecule has 2 N–H and O–H groups in total. The summed E-state index contributed by atoms with van der Waals surface area (Å²) >= 11 is 0. The summed E-state index contributed by atoms with van der Waals surface area (Å²) in [6, 6.07) is 14.1. The maximum atomic E-state index is 12.7. The molecule has 0 aliphatic rings. The number of carbonyl (C=O) groups excluding carboxylic acids is 2. The molecule has 1 heterocycles. The van der Waals surface area contributed by atoms with Gasteiger partial charge in [0.25, 0.3) is 0 Å². The first-order valence-electron chi connectivity index (χ1n) is 9.61. The van der Waals surface area contributed by atoms with Crippen LogP contribution in [0.25, 0.3) is 11.5 Å². The molecule has 1 atom stereocenters. The third-order valence-electron chi connectivity index (χ3n) is 4.71. The van der Waals surface area contributed by atoms with Crippen LogP contribution in [-0.4, -0.2) is 23.9 Å². The van der Waals surface area contributed by atoms with Crippen LogP contribution in [0, 0.1) is 13.8 Å². The summed E-state index contributed by atoms with van der Waals surface area (Å²) in [4.78, 5) is 28.7. The van der Waals surface area contributed by atoms with Crippen LogP contribution >= 0.6 is 0 Å². The number of ether oxygens (including phenoxy) is 1. The molecule has 0 unspecified atom stereocenters. The highest BCUT2D eigenvalue weighted by molar-refractivity contribution is 5.92. The molecular formula is C23H25N3O4. The van der Waals surface area contributed by atoms with Gasteiger partial charge in [-0.15, -0.1) is 0 Å². The molecule has 1 aromatic heterocycles. The number of hydrogen-bond donors (Lipinski definition) is 2. The fraction of sp³-hybridized carbons (Fsp3) is 0.261. The molecule has 0 radical (unpaired) electrons. The molecule has 3 aromatic rings. The van der Waals surface area contributed by atoms with Gasteiger partial charge in [-0.2, -0.15) is 0 Å². The highest BCUT2D eigenvalue weighted by atomic mass is 16.5. The Morgan fingerprint density at radius 2 is 1.87 bits per heavy atom. The van der Waals surface area contributed by atoms with E-state index < -0.39 is 6.04 Å². The Morgan fingerprint density at radius 1 is 1.13 bits per heavy atom. The normalized spacial score (nSPS) is 11.6. The lowest BCUT2D eigenvalue weighted by Gasteiger charge is -2.18. The third kappa shape index (κ3) is 5.26. The van der Waals surface area contributed by atoms with Crippen LogP contribution in [0.1, 0.15) is 36.4 Å². The van der Waals surface area contributed by atoms with Crippen LogP contribution < -0.4 is 15.4 Å². The second kappa shape index (κ2) is 9.26. The molecule has 0 spiro atoms. The first-order valence-corrected chi connectivity index (χ1v) is 9.61. The summed E-state index contributed by atoms with van der Waals surface area (Å²) < 4.78 is 10.8. The van der Waals surface area contributed by atoms with Crippen LogP contribution in [0.3, 0.4) is 0 Å². The van der Waals surface area contributed by atoms with Gasteiger partial charge >= 0.3 is 0 Å². The minimum atomic E-state index is -0.450. The van der Waals surface area contributed by atoms with E-state index in [0.717, 1.165) is 22.6 Å². The van der Waals surface area contributed by atoms with Gasteiger partial charge < -0.3 is 19.8 Å². The van der Waals surface area contributed by atoms with Crippen LogP contribution in [0.2, 0.25) is 0 Å². The number of hydrogen-bond acceptors (Lipinski definition) is 5. The Morgan fingerprint density at radius 3 is 2.47 bits per heavy atom. The zero-order valence-electron chi connectivity index (χ0n) is 17.5. The average Bonchev–Trinajstić information content (AvgIpc) is 3.06. The average molecular weight is 407 g/mol. The number of nitrogens with one attached hydrogen (secondary N) is 2. The van der Waals surface area contributed by atoms with Crippen molar-refractivity contribution in [2.24, 2.45) is 0 Å². The van der Waals surface area contributed by atoms with E-state index in [-0.39, 0.29) is 18.2 Å². The van der Waals surface area contributed by atoms with Gasteiger partial charge in [-0.3, -0.25) is 9.59 Å². The van der Waals surface area contributed by atoms with Gasteiger partial charge in [-0.05, 0) is 49.7 Å². The van der Waals surface area contributed by atoms with Crippen molar-refractivity contribution >= 4 is 17.5 Å². The Labute approximate surface area is 175 Å². The van der Waals surface area contributed by atoms with Crippen molar-refractivity contribution in [1.29, 1.82) is 0 Å². The molecule has 156 valence electrons. The highest BCUT2D eigenvalue weighted by Crippen LogP contribution is 2.25. The number of methoxy groups -OCH3 is 1. The molecule has 30 heavy (non-hydrogen) atoms. The van der Waals surface area contributed by atoms with E-state index >= 15 is 0 Å². The van der Waals surface area contributed by atoms with Crippen molar-refractivity contribution in [2.75, 3.05) is 12.4 Å². The van der Waals surface area contributed by atoms with Gasteiger partial charge in [-0.25, -0.2) is 4.98 Å². The van der Waals surface area contributed by atoms with Gasteiger partial charge in [0, 0.05) is 18.2 Å². The summed E-state index contributed by atoms with van der Waals surface area (Å²) in [6.07, 6.45) is 0.0906. The molecule has 7 nitrogen and oxygen atoms in total. The van der Waals surface area contributed by atoms with Crippen LogP contribution in [-0.2, 0) is 9.59 Å². The van der Waals surface area contributed by atoms with Crippen molar-refractivity contribution in [2.45, 2.75) is 33.2 Å². The lowest BCUT2D eigenvalue weighted by molar-refractivity contribution is -0.120. The summed E-state index contributed by atoms with van der Waals surface area (Å²) in [5.41, 5.74) is 3.05. The molecule has 0 aliphatic heterocycles. The highest BCUT2D eigenvalue weighted by Gasteiger charge is 2.18. The summed E-state index contributed by atoms with van der Waals surface area (Å²) in [7, 11) is 1.59. The number of anilines is 1. The fourth-order valence-corrected chi connectivity index (χ4v) is 3.06. The van der Waals surface area contributed by atoms with E-state index in [1.54, 1.807) is 25.3 Å². The lowest BCUT2D eigenvalue weighted by atomic mass is 10.0. The molecule has 0 saturated carbocycles. The molecule has 2 aromatic carbocycles. The third-order valence-corrected chi connectivity index (χ3v) is 4.71. The number of carbonyl (C=O) groups is 2. The van der Waals surface area contributed by atoms with Gasteiger partial charge in [-0.1, -0.05) is 18.2 Å². The first-order chi connectivity index (χ1) is 14.4. The van der Waals surface area contributed by atoms with Crippen molar-refractivity contribution in [3.8, 4) is 17.2 Å². The lowest BCUT2D eigenvalue weighted by Crippen LogP contribution is -2.29. The predicted octanol–water partition coefficient (Wildman–Crippen LogP) is 4.17. The van der Waals surface area contributed by atoms with E-state index in [0.29, 0.717) is 17.3 Å². The molecule has 3 rings (SSSR count). The first kappa shape index (κ1) is 21.1. The Kier molecular flexibility index (Phi) is 6.51. The molecule has 0 bridgehead atoms. The zero-order chi connectivity index (χ0) is 21.7. The minimum Gasteiger partial charge on any atom is -0.497 e. The number of benzene rings is 2. The number of rotatable bonds is 7. The van der Waals surface area contributed by atoms with Crippen LogP contribution in [0.4, 0.5) is 5.69 Å². The molecule has 7 heteroatoms. The molecule has 0 saturated heterocycles. The second-order valence-electron chi connectivity index (χ2n) is 7.02. The van der Waals surface area contributed by atoms with E-state index in [9.17, 15) is 9.59 Å². The molecule has 0 fully saturated rings. The van der Waals surface area contributed by atoms with Crippen molar-refractivity contribution in [3.05, 3.63) is 65.5 Å². The number of aromatic nitrogens is 1. The quantitative estimate of drug-likeness (QED) is 0.613. The smallest absolute Gasteiger partial charge is 0.226 e. The number of amides is 2. The molecule has 0 aliphatic carbocycles. The van der Waals surface area contributed by atoms with Crippen molar-refractivity contribution in [1.82, 2.24) is 10.3 Å². The van der Waals surface area contributed by atoms with Crippen molar-refractivity contribution in [3.63, 3.8) is 0 Å². The van der Waals surface area contributed by atoms with E-state index in [1.165, 1.54) is 6.92 Å². The van der Waals surface area contributed by atoms with Crippen LogP contribution in [0.15, 0.2) is 52.9 Å². The van der Waals surface area contributed by atoms with E-state index in [4.69, 9.17) is 9.15 Å². The van der Waals surface area contributed by atoms with Gasteiger partial charge in [0.15, 0.2) is 0 Å². The van der Waals surface area contributed by atoms with E-state index in [1.807, 2.05) is 44.2 Å². The number of nitrogens with zero attached hydrogens (tertiary/aromatic N) is 1. The number of oxazole rings is 1. The Balaban J connectivity index is 1.73. The number of aryl methyl sites for hydroxylation is 2. The monoisotopic (exact) mass is 407 g/mol. The topological polar surface area (TPSA) is 93.5 Å². The zero-order valence-corrected chi connectivity index (χ0v) is 17.5. The largest absolute Gasteiger partial charge is 0.497 e.